The molecule has 0 unspecified atom stereocenters. The molecule has 0 aliphatic heterocycles. The van der Waals surface area contributed by atoms with Gasteiger partial charge in [0.2, 0.25) is 0 Å². The highest BCUT2D eigenvalue weighted by Gasteiger charge is 2.19. The van der Waals surface area contributed by atoms with Crippen LogP contribution < -0.4 is 5.32 Å². The molecule has 25 heavy (non-hydrogen) atoms. The molecule has 1 aromatic heterocycles. The predicted octanol–water partition coefficient (Wildman–Crippen LogP) is 4.64. The lowest BCUT2D eigenvalue weighted by Crippen LogP contribution is -2.31. The van der Waals surface area contributed by atoms with Crippen molar-refractivity contribution >= 4 is 17.5 Å². The highest BCUT2D eigenvalue weighted by molar-refractivity contribution is 6.33. The SMILES string of the molecule is Cc1ccc(-n2nc(-c3ccccc3Cl)cc2C(=O)NC(C)C)cc1. The fourth-order valence-electron chi connectivity index (χ4n) is 2.56. The molecule has 4 nitrogen and oxygen atoms in total. The van der Waals surface area contributed by atoms with Crippen LogP contribution in [0.15, 0.2) is 54.6 Å². The Morgan fingerprint density at radius 1 is 1.12 bits per heavy atom. The Hall–Kier alpha value is -2.59. The minimum Gasteiger partial charge on any atom is -0.349 e. The van der Waals surface area contributed by atoms with Crippen molar-refractivity contribution in [3.63, 3.8) is 0 Å². The van der Waals surface area contributed by atoms with Crippen molar-refractivity contribution in [3.8, 4) is 16.9 Å². The Balaban J connectivity index is 2.13. The molecule has 0 atom stereocenters. The molecule has 3 aromatic rings. The van der Waals surface area contributed by atoms with Crippen molar-refractivity contribution in [2.24, 2.45) is 0 Å². The zero-order valence-corrected chi connectivity index (χ0v) is 15.2. The van der Waals surface area contributed by atoms with E-state index >= 15 is 0 Å². The summed E-state index contributed by atoms with van der Waals surface area (Å²) in [6.07, 6.45) is 0. The van der Waals surface area contributed by atoms with Crippen LogP contribution in [0.5, 0.6) is 0 Å². The number of hydrogen-bond donors (Lipinski definition) is 1. The van der Waals surface area contributed by atoms with Crippen LogP contribution in [0.1, 0.15) is 29.9 Å². The van der Waals surface area contributed by atoms with E-state index in [-0.39, 0.29) is 11.9 Å². The van der Waals surface area contributed by atoms with E-state index in [1.165, 1.54) is 0 Å². The summed E-state index contributed by atoms with van der Waals surface area (Å²) in [5, 5.41) is 8.17. The average molecular weight is 354 g/mol. The van der Waals surface area contributed by atoms with Crippen molar-refractivity contribution in [1.29, 1.82) is 0 Å². The van der Waals surface area contributed by atoms with Gasteiger partial charge in [-0.3, -0.25) is 4.79 Å². The number of carbonyl (C=O) groups excluding carboxylic acids is 1. The number of carbonyl (C=O) groups is 1. The lowest BCUT2D eigenvalue weighted by atomic mass is 10.1. The largest absolute Gasteiger partial charge is 0.349 e. The maximum absolute atomic E-state index is 12.6. The van der Waals surface area contributed by atoms with E-state index in [2.05, 4.69) is 10.4 Å². The maximum Gasteiger partial charge on any atom is 0.270 e. The molecule has 0 saturated carbocycles. The van der Waals surface area contributed by atoms with Gasteiger partial charge in [0.25, 0.3) is 5.91 Å². The van der Waals surface area contributed by atoms with Gasteiger partial charge >= 0.3 is 0 Å². The molecule has 5 heteroatoms. The lowest BCUT2D eigenvalue weighted by Gasteiger charge is -2.10. The van der Waals surface area contributed by atoms with E-state index in [9.17, 15) is 4.79 Å². The summed E-state index contributed by atoms with van der Waals surface area (Å²) in [7, 11) is 0. The van der Waals surface area contributed by atoms with Crippen molar-refractivity contribution in [1.82, 2.24) is 15.1 Å². The first-order chi connectivity index (χ1) is 12.0. The number of nitrogens with one attached hydrogen (secondary N) is 1. The predicted molar refractivity (Wildman–Crippen MR) is 101 cm³/mol. The Morgan fingerprint density at radius 2 is 1.80 bits per heavy atom. The van der Waals surface area contributed by atoms with E-state index in [0.29, 0.717) is 16.4 Å². The van der Waals surface area contributed by atoms with Crippen LogP contribution in [0.4, 0.5) is 0 Å². The van der Waals surface area contributed by atoms with Crippen LogP contribution in [0.2, 0.25) is 5.02 Å². The van der Waals surface area contributed by atoms with Gasteiger partial charge in [-0.2, -0.15) is 5.10 Å². The molecule has 0 spiro atoms. The molecule has 0 radical (unpaired) electrons. The Bertz CT molecular complexity index is 898. The number of aryl methyl sites for hydroxylation is 1. The standard InChI is InChI=1S/C20H20ClN3O/c1-13(2)22-20(25)19-12-18(16-6-4-5-7-17(16)21)23-24(19)15-10-8-14(3)9-11-15/h4-13H,1-3H3,(H,22,25). The number of nitrogens with zero attached hydrogens (tertiary/aromatic N) is 2. The summed E-state index contributed by atoms with van der Waals surface area (Å²) in [5.74, 6) is -0.165. The van der Waals surface area contributed by atoms with Crippen LogP contribution in [0.3, 0.4) is 0 Å². The third-order valence-electron chi connectivity index (χ3n) is 3.79. The highest BCUT2D eigenvalue weighted by atomic mass is 35.5. The van der Waals surface area contributed by atoms with Crippen molar-refractivity contribution in [2.75, 3.05) is 0 Å². The Labute approximate surface area is 152 Å². The van der Waals surface area contributed by atoms with Gasteiger partial charge in [-0.05, 0) is 45.0 Å². The second-order valence-corrected chi connectivity index (χ2v) is 6.68. The van der Waals surface area contributed by atoms with Crippen LogP contribution in [-0.4, -0.2) is 21.7 Å². The van der Waals surface area contributed by atoms with Crippen LogP contribution in [0.25, 0.3) is 16.9 Å². The van der Waals surface area contributed by atoms with Crippen molar-refractivity contribution in [3.05, 3.63) is 70.9 Å². The molecule has 2 aromatic carbocycles. The minimum absolute atomic E-state index is 0.0395. The molecule has 1 N–H and O–H groups in total. The maximum atomic E-state index is 12.6. The normalized spacial score (nSPS) is 10.9. The smallest absolute Gasteiger partial charge is 0.270 e. The van der Waals surface area contributed by atoms with Crippen LogP contribution in [-0.2, 0) is 0 Å². The summed E-state index contributed by atoms with van der Waals surface area (Å²) < 4.78 is 1.66. The second kappa shape index (κ2) is 7.11. The summed E-state index contributed by atoms with van der Waals surface area (Å²) in [5.41, 5.74) is 3.93. The molecule has 0 bridgehead atoms. The number of rotatable bonds is 4. The summed E-state index contributed by atoms with van der Waals surface area (Å²) >= 11 is 6.30. The van der Waals surface area contributed by atoms with Gasteiger partial charge in [0.15, 0.2) is 0 Å². The van der Waals surface area contributed by atoms with Gasteiger partial charge in [-0.1, -0.05) is 47.5 Å². The molecule has 1 amide bonds. The molecular formula is C20H20ClN3O. The Kier molecular flexibility index (Phi) is 4.91. The lowest BCUT2D eigenvalue weighted by molar-refractivity contribution is 0.0935. The van der Waals surface area contributed by atoms with E-state index in [0.717, 1.165) is 16.8 Å². The fourth-order valence-corrected chi connectivity index (χ4v) is 2.79. The molecule has 128 valence electrons. The summed E-state index contributed by atoms with van der Waals surface area (Å²) in [6.45, 7) is 5.88. The summed E-state index contributed by atoms with van der Waals surface area (Å²) in [4.78, 5) is 12.6. The zero-order valence-electron chi connectivity index (χ0n) is 14.5. The molecule has 3 rings (SSSR count). The average Bonchev–Trinajstić information content (AvgIpc) is 3.00. The third kappa shape index (κ3) is 3.74. The van der Waals surface area contributed by atoms with Crippen molar-refractivity contribution in [2.45, 2.75) is 26.8 Å². The monoisotopic (exact) mass is 353 g/mol. The highest BCUT2D eigenvalue weighted by Crippen LogP contribution is 2.28. The molecule has 1 heterocycles. The van der Waals surface area contributed by atoms with Crippen molar-refractivity contribution < 1.29 is 4.79 Å². The molecule has 0 aliphatic rings. The van der Waals surface area contributed by atoms with Crippen LogP contribution >= 0.6 is 11.6 Å². The molecule has 0 aliphatic carbocycles. The molecular weight excluding hydrogens is 334 g/mol. The molecule has 0 fully saturated rings. The summed E-state index contributed by atoms with van der Waals surface area (Å²) in [6, 6.07) is 17.2. The molecule has 0 saturated heterocycles. The first-order valence-corrected chi connectivity index (χ1v) is 8.56. The van der Waals surface area contributed by atoms with Gasteiger partial charge in [0.1, 0.15) is 5.69 Å². The Morgan fingerprint density at radius 3 is 2.44 bits per heavy atom. The fraction of sp³-hybridized carbons (Fsp3) is 0.200. The van der Waals surface area contributed by atoms with E-state index in [4.69, 9.17) is 11.6 Å². The number of benzene rings is 2. The van der Waals surface area contributed by atoms with Gasteiger partial charge in [0.05, 0.1) is 16.4 Å². The van der Waals surface area contributed by atoms with Gasteiger partial charge in [-0.25, -0.2) is 4.68 Å². The zero-order chi connectivity index (χ0) is 18.0. The topological polar surface area (TPSA) is 46.9 Å². The van der Waals surface area contributed by atoms with E-state index in [1.54, 1.807) is 10.7 Å². The number of hydrogen-bond acceptors (Lipinski definition) is 2. The first kappa shape index (κ1) is 17.2. The second-order valence-electron chi connectivity index (χ2n) is 6.27. The third-order valence-corrected chi connectivity index (χ3v) is 4.12. The van der Waals surface area contributed by atoms with Gasteiger partial charge in [0, 0.05) is 11.6 Å². The minimum atomic E-state index is -0.165. The van der Waals surface area contributed by atoms with Crippen LogP contribution in [0, 0.1) is 6.92 Å². The van der Waals surface area contributed by atoms with E-state index in [1.807, 2.05) is 69.3 Å². The number of halogens is 1. The first-order valence-electron chi connectivity index (χ1n) is 8.18. The van der Waals surface area contributed by atoms with Gasteiger partial charge in [-0.15, -0.1) is 0 Å². The van der Waals surface area contributed by atoms with Gasteiger partial charge < -0.3 is 5.32 Å². The number of aromatic nitrogens is 2. The van der Waals surface area contributed by atoms with E-state index < -0.39 is 0 Å². The quantitative estimate of drug-likeness (QED) is 0.742. The number of amides is 1.